The quantitative estimate of drug-likeness (QED) is 0.708. The maximum Gasteiger partial charge on any atom is 0.126 e. The van der Waals surface area contributed by atoms with E-state index in [1.807, 2.05) is 6.07 Å². The van der Waals surface area contributed by atoms with Crippen molar-refractivity contribution in [3.05, 3.63) is 34.6 Å². The summed E-state index contributed by atoms with van der Waals surface area (Å²) in [5.74, 6) is -0.151. The molecule has 0 saturated carbocycles. The summed E-state index contributed by atoms with van der Waals surface area (Å²) in [6.45, 7) is 2.62. The molecule has 2 nitrogen and oxygen atoms in total. The van der Waals surface area contributed by atoms with Crippen LogP contribution in [0.5, 0.6) is 0 Å². The van der Waals surface area contributed by atoms with Crippen molar-refractivity contribution in [1.29, 1.82) is 0 Å². The predicted molar refractivity (Wildman–Crippen MR) is 52.7 cm³/mol. The van der Waals surface area contributed by atoms with Gasteiger partial charge in [0, 0.05) is 0 Å². The van der Waals surface area contributed by atoms with Crippen molar-refractivity contribution in [1.82, 2.24) is 5.32 Å². The molecule has 1 aliphatic rings. The Morgan fingerprint density at radius 3 is 3.07 bits per heavy atom. The molecule has 14 heavy (non-hydrogen) atoms. The molecule has 0 aromatic heterocycles. The average molecular weight is 195 g/mol. The van der Waals surface area contributed by atoms with E-state index in [9.17, 15) is 4.39 Å². The van der Waals surface area contributed by atoms with E-state index in [1.54, 1.807) is 13.0 Å². The number of rotatable bonds is 1. The van der Waals surface area contributed by atoms with Gasteiger partial charge in [-0.25, -0.2) is 4.39 Å². The normalized spacial score (nSPS) is 20.6. The van der Waals surface area contributed by atoms with Gasteiger partial charge in [0.2, 0.25) is 0 Å². The summed E-state index contributed by atoms with van der Waals surface area (Å²) in [6, 6.07) is 3.39. The highest BCUT2D eigenvalue weighted by molar-refractivity contribution is 5.36. The molecule has 76 valence electrons. The first kappa shape index (κ1) is 9.62. The number of benzene rings is 1. The average Bonchev–Trinajstić information content (AvgIpc) is 2.19. The fourth-order valence-electron chi connectivity index (χ4n) is 1.94. The lowest BCUT2D eigenvalue weighted by Gasteiger charge is -2.25. The summed E-state index contributed by atoms with van der Waals surface area (Å²) in [5, 5.41) is 12.3. The smallest absolute Gasteiger partial charge is 0.126 e. The van der Waals surface area contributed by atoms with Gasteiger partial charge in [-0.3, -0.25) is 0 Å². The lowest BCUT2D eigenvalue weighted by molar-refractivity contribution is 0.240. The monoisotopic (exact) mass is 195 g/mol. The SMILES string of the molecule is Cc1cc2c(cc1F)CCNC2CO. The standard InChI is InChI=1S/C11H14FNO/c1-7-4-9-8(5-10(7)12)2-3-13-11(9)6-14/h4-5,11,13-14H,2-3,6H2,1H3. The molecule has 1 aromatic carbocycles. The number of aliphatic hydroxyl groups excluding tert-OH is 1. The Morgan fingerprint density at radius 1 is 1.57 bits per heavy atom. The largest absolute Gasteiger partial charge is 0.394 e. The van der Waals surface area contributed by atoms with Gasteiger partial charge in [-0.05, 0) is 42.6 Å². The molecule has 0 radical (unpaired) electrons. The maximum absolute atomic E-state index is 13.3. The van der Waals surface area contributed by atoms with Crippen molar-refractivity contribution in [2.45, 2.75) is 19.4 Å². The van der Waals surface area contributed by atoms with Crippen LogP contribution in [0.4, 0.5) is 4.39 Å². The van der Waals surface area contributed by atoms with Crippen molar-refractivity contribution in [3.63, 3.8) is 0 Å². The lowest BCUT2D eigenvalue weighted by Crippen LogP contribution is -2.32. The zero-order valence-corrected chi connectivity index (χ0v) is 8.18. The Balaban J connectivity index is 2.47. The third-order valence-corrected chi connectivity index (χ3v) is 2.76. The third kappa shape index (κ3) is 1.53. The summed E-state index contributed by atoms with van der Waals surface area (Å²) in [4.78, 5) is 0. The predicted octanol–water partition coefficient (Wildman–Crippen LogP) is 1.31. The van der Waals surface area contributed by atoms with Crippen LogP contribution < -0.4 is 5.32 Å². The first-order chi connectivity index (χ1) is 6.72. The first-order valence-electron chi connectivity index (χ1n) is 4.85. The Kier molecular flexibility index (Phi) is 2.52. The highest BCUT2D eigenvalue weighted by atomic mass is 19.1. The van der Waals surface area contributed by atoms with Gasteiger partial charge >= 0.3 is 0 Å². The molecule has 1 heterocycles. The van der Waals surface area contributed by atoms with Gasteiger partial charge in [0.1, 0.15) is 5.82 Å². The highest BCUT2D eigenvalue weighted by Gasteiger charge is 2.19. The molecule has 1 aromatic rings. The molecule has 1 atom stereocenters. The number of fused-ring (bicyclic) bond motifs is 1. The zero-order chi connectivity index (χ0) is 10.1. The molecule has 0 amide bonds. The number of aliphatic hydroxyl groups is 1. The molecule has 2 N–H and O–H groups in total. The van der Waals surface area contributed by atoms with Gasteiger partial charge < -0.3 is 10.4 Å². The van der Waals surface area contributed by atoms with Crippen LogP contribution >= 0.6 is 0 Å². The summed E-state index contributed by atoms with van der Waals surface area (Å²) >= 11 is 0. The van der Waals surface area contributed by atoms with Crippen LogP contribution in [-0.2, 0) is 6.42 Å². The van der Waals surface area contributed by atoms with Gasteiger partial charge in [-0.2, -0.15) is 0 Å². The summed E-state index contributed by atoms with van der Waals surface area (Å²) in [6.07, 6.45) is 0.836. The molecular weight excluding hydrogens is 181 g/mol. The van der Waals surface area contributed by atoms with Crippen LogP contribution in [0.3, 0.4) is 0 Å². The van der Waals surface area contributed by atoms with Gasteiger partial charge in [0.25, 0.3) is 0 Å². The second kappa shape index (κ2) is 3.67. The van der Waals surface area contributed by atoms with Crippen molar-refractivity contribution >= 4 is 0 Å². The number of halogens is 1. The molecular formula is C11H14FNO. The molecule has 1 aliphatic heterocycles. The molecule has 0 bridgehead atoms. The lowest BCUT2D eigenvalue weighted by atomic mass is 9.93. The van der Waals surface area contributed by atoms with Crippen LogP contribution in [0.2, 0.25) is 0 Å². The van der Waals surface area contributed by atoms with Gasteiger partial charge in [0.05, 0.1) is 12.6 Å². The fraction of sp³-hybridized carbons (Fsp3) is 0.455. The van der Waals surface area contributed by atoms with Gasteiger partial charge in [-0.1, -0.05) is 6.07 Å². The molecule has 3 heteroatoms. The Labute approximate surface area is 82.8 Å². The van der Waals surface area contributed by atoms with Crippen LogP contribution in [0.15, 0.2) is 12.1 Å². The minimum absolute atomic E-state index is 0.0296. The van der Waals surface area contributed by atoms with Crippen molar-refractivity contribution < 1.29 is 9.50 Å². The molecule has 2 rings (SSSR count). The van der Waals surface area contributed by atoms with E-state index in [1.165, 1.54) is 0 Å². The van der Waals surface area contributed by atoms with Crippen LogP contribution in [0, 0.1) is 12.7 Å². The Hall–Kier alpha value is -0.930. The van der Waals surface area contributed by atoms with Gasteiger partial charge in [0.15, 0.2) is 0 Å². The highest BCUT2D eigenvalue weighted by Crippen LogP contribution is 2.25. The second-order valence-corrected chi connectivity index (χ2v) is 3.74. The number of hydrogen-bond acceptors (Lipinski definition) is 2. The third-order valence-electron chi connectivity index (χ3n) is 2.76. The van der Waals surface area contributed by atoms with E-state index in [2.05, 4.69) is 5.32 Å². The zero-order valence-electron chi connectivity index (χ0n) is 8.18. The molecule has 0 spiro atoms. The Morgan fingerprint density at radius 2 is 2.36 bits per heavy atom. The van der Waals surface area contributed by atoms with E-state index >= 15 is 0 Å². The summed E-state index contributed by atoms with van der Waals surface area (Å²) < 4.78 is 13.3. The molecule has 0 aliphatic carbocycles. The van der Waals surface area contributed by atoms with Gasteiger partial charge in [-0.15, -0.1) is 0 Å². The summed E-state index contributed by atoms with van der Waals surface area (Å²) in [7, 11) is 0. The van der Waals surface area contributed by atoms with Crippen molar-refractivity contribution in [2.24, 2.45) is 0 Å². The number of hydrogen-bond donors (Lipinski definition) is 2. The first-order valence-corrected chi connectivity index (χ1v) is 4.85. The Bertz CT molecular complexity index is 351. The van der Waals surface area contributed by atoms with Crippen LogP contribution in [-0.4, -0.2) is 18.3 Å². The minimum Gasteiger partial charge on any atom is -0.394 e. The van der Waals surface area contributed by atoms with E-state index in [0.29, 0.717) is 5.56 Å². The van der Waals surface area contributed by atoms with E-state index < -0.39 is 0 Å². The fourth-order valence-corrected chi connectivity index (χ4v) is 1.94. The molecule has 0 fully saturated rings. The van der Waals surface area contributed by atoms with Crippen LogP contribution in [0.25, 0.3) is 0 Å². The minimum atomic E-state index is -0.151. The van der Waals surface area contributed by atoms with Crippen LogP contribution in [0.1, 0.15) is 22.7 Å². The van der Waals surface area contributed by atoms with E-state index in [0.717, 1.165) is 24.1 Å². The van der Waals surface area contributed by atoms with E-state index in [-0.39, 0.29) is 18.5 Å². The topological polar surface area (TPSA) is 32.3 Å². The molecule has 0 saturated heterocycles. The van der Waals surface area contributed by atoms with E-state index in [4.69, 9.17) is 5.11 Å². The summed E-state index contributed by atoms with van der Waals surface area (Å²) in [5.41, 5.74) is 2.70. The second-order valence-electron chi connectivity index (χ2n) is 3.74. The van der Waals surface area contributed by atoms with Crippen molar-refractivity contribution in [2.75, 3.05) is 13.2 Å². The number of nitrogens with one attached hydrogen (secondary N) is 1. The number of aryl methyl sites for hydroxylation is 1. The molecule has 1 unspecified atom stereocenters. The maximum atomic E-state index is 13.3. The van der Waals surface area contributed by atoms with Crippen molar-refractivity contribution in [3.8, 4) is 0 Å².